The summed E-state index contributed by atoms with van der Waals surface area (Å²) in [5, 5.41) is 3.25. The van der Waals surface area contributed by atoms with Crippen LogP contribution in [0.4, 0.5) is 5.69 Å². The summed E-state index contributed by atoms with van der Waals surface area (Å²) in [5.74, 6) is 1.54. The second kappa shape index (κ2) is 8.03. The van der Waals surface area contributed by atoms with Crippen LogP contribution in [0.25, 0.3) is 0 Å². The van der Waals surface area contributed by atoms with E-state index in [1.165, 1.54) is 5.56 Å². The van der Waals surface area contributed by atoms with E-state index in [4.69, 9.17) is 0 Å². The van der Waals surface area contributed by atoms with Crippen molar-refractivity contribution < 1.29 is 4.79 Å². The van der Waals surface area contributed by atoms with E-state index < -0.39 is 0 Å². The van der Waals surface area contributed by atoms with Gasteiger partial charge in [-0.2, -0.15) is 0 Å². The lowest BCUT2D eigenvalue weighted by atomic mass is 10.0. The summed E-state index contributed by atoms with van der Waals surface area (Å²) in [4.78, 5) is 12.9. The van der Waals surface area contributed by atoms with E-state index in [9.17, 15) is 4.79 Å². The van der Waals surface area contributed by atoms with Crippen LogP contribution in [0.2, 0.25) is 0 Å². The Morgan fingerprint density at radius 3 is 1.84 bits per heavy atom. The van der Waals surface area contributed by atoms with Gasteiger partial charge in [-0.1, -0.05) is 42.0 Å². The first-order chi connectivity index (χ1) is 12.1. The van der Waals surface area contributed by atoms with Crippen molar-refractivity contribution in [3.8, 4) is 0 Å². The van der Waals surface area contributed by atoms with E-state index in [0.717, 1.165) is 55.3 Å². The van der Waals surface area contributed by atoms with Crippen molar-refractivity contribution in [3.05, 3.63) is 53.1 Å². The highest BCUT2D eigenvalue weighted by Gasteiger charge is 2.52. The third kappa shape index (κ3) is 4.42. The molecule has 1 aromatic carbocycles. The highest BCUT2D eigenvalue weighted by atomic mass is 16.2. The zero-order valence-corrected chi connectivity index (χ0v) is 15.8. The van der Waals surface area contributed by atoms with Crippen LogP contribution in [0.1, 0.15) is 55.2 Å². The molecule has 0 bridgehead atoms. The number of allylic oxidation sites excluding steroid dienone is 4. The van der Waals surface area contributed by atoms with Gasteiger partial charge in [-0.3, -0.25) is 4.79 Å². The predicted molar refractivity (Wildman–Crippen MR) is 106 cm³/mol. The number of rotatable bonds is 2. The maximum atomic E-state index is 12.9. The number of nitrogens with one attached hydrogen (secondary N) is 1. The van der Waals surface area contributed by atoms with Crippen LogP contribution in [-0.2, 0) is 4.79 Å². The molecule has 0 aromatic heterocycles. The Morgan fingerprint density at radius 1 is 0.840 bits per heavy atom. The molecule has 25 heavy (non-hydrogen) atoms. The molecule has 2 aliphatic carbocycles. The van der Waals surface area contributed by atoms with E-state index in [1.807, 2.05) is 0 Å². The van der Waals surface area contributed by atoms with Crippen LogP contribution < -0.4 is 5.32 Å². The highest BCUT2D eigenvalue weighted by Crippen LogP contribution is 2.52. The van der Waals surface area contributed by atoms with Gasteiger partial charge in [0.25, 0.3) is 0 Å². The minimum absolute atomic E-state index is 0.197. The first-order valence-electron chi connectivity index (χ1n) is 9.76. The monoisotopic (exact) mass is 337 g/mol. The Morgan fingerprint density at radius 2 is 1.32 bits per heavy atom. The number of carbonyl (C=O) groups excluding carboxylic acids is 1. The van der Waals surface area contributed by atoms with Gasteiger partial charge in [0.1, 0.15) is 0 Å². The SMILES string of the molecule is Cc1cc(C)c(NC(=O)C2[C@H]3CC/C=C\CC/C=C\CC[C@H]23)c(C)c1. The largest absolute Gasteiger partial charge is 0.325 e. The number of anilines is 1. The summed E-state index contributed by atoms with van der Waals surface area (Å²) in [6.45, 7) is 6.28. The number of hydrogen-bond acceptors (Lipinski definition) is 1. The lowest BCUT2D eigenvalue weighted by Gasteiger charge is -2.13. The topological polar surface area (TPSA) is 29.1 Å². The second-order valence-electron chi connectivity index (χ2n) is 7.79. The molecule has 0 aliphatic heterocycles. The number of aryl methyl sites for hydroxylation is 3. The van der Waals surface area contributed by atoms with E-state index in [-0.39, 0.29) is 11.8 Å². The smallest absolute Gasteiger partial charge is 0.228 e. The Labute approximate surface area is 152 Å². The van der Waals surface area contributed by atoms with Gasteiger partial charge in [0, 0.05) is 11.6 Å². The molecule has 2 heteroatoms. The molecule has 2 atom stereocenters. The number of fused-ring (bicyclic) bond motifs is 1. The lowest BCUT2D eigenvalue weighted by Crippen LogP contribution is -2.17. The molecule has 1 N–H and O–H groups in total. The molecule has 0 heterocycles. The minimum Gasteiger partial charge on any atom is -0.325 e. The standard InChI is InChI=1S/C23H31NO/c1-16-14-17(2)22(18(3)15-16)24-23(25)21-19-12-10-8-6-4-5-7-9-11-13-20(19)21/h6-9,14-15,19-21H,4-5,10-13H2,1-3H3,(H,24,25)/b8-6-,9-7-/t19-,20-/m0/s1. The van der Waals surface area contributed by atoms with Gasteiger partial charge in [-0.15, -0.1) is 0 Å². The number of benzene rings is 1. The van der Waals surface area contributed by atoms with Crippen LogP contribution in [0.3, 0.4) is 0 Å². The van der Waals surface area contributed by atoms with Crippen LogP contribution in [-0.4, -0.2) is 5.91 Å². The third-order valence-corrected chi connectivity index (χ3v) is 5.73. The minimum atomic E-state index is 0.197. The molecule has 1 aromatic rings. The molecule has 1 amide bonds. The summed E-state index contributed by atoms with van der Waals surface area (Å²) in [6.07, 6.45) is 16.0. The second-order valence-corrected chi connectivity index (χ2v) is 7.79. The maximum Gasteiger partial charge on any atom is 0.228 e. The van der Waals surface area contributed by atoms with Crippen LogP contribution in [0.15, 0.2) is 36.4 Å². The normalized spacial score (nSPS) is 28.8. The molecule has 2 aliphatic rings. The van der Waals surface area contributed by atoms with Crippen molar-refractivity contribution in [1.82, 2.24) is 0 Å². The highest BCUT2D eigenvalue weighted by molar-refractivity contribution is 5.96. The molecule has 1 saturated carbocycles. The zero-order valence-electron chi connectivity index (χ0n) is 15.8. The van der Waals surface area contributed by atoms with Gasteiger partial charge < -0.3 is 5.32 Å². The van der Waals surface area contributed by atoms with Crippen molar-refractivity contribution in [1.29, 1.82) is 0 Å². The summed E-state index contributed by atoms with van der Waals surface area (Å²) in [7, 11) is 0. The van der Waals surface area contributed by atoms with Crippen molar-refractivity contribution in [2.45, 2.75) is 59.3 Å². The molecule has 0 spiro atoms. The van der Waals surface area contributed by atoms with Gasteiger partial charge in [0.05, 0.1) is 0 Å². The first-order valence-corrected chi connectivity index (χ1v) is 9.76. The molecule has 0 saturated heterocycles. The lowest BCUT2D eigenvalue weighted by molar-refractivity contribution is -0.117. The Bertz CT molecular complexity index is 638. The number of hydrogen-bond donors (Lipinski definition) is 1. The summed E-state index contributed by atoms with van der Waals surface area (Å²) in [6, 6.07) is 4.30. The molecule has 134 valence electrons. The third-order valence-electron chi connectivity index (χ3n) is 5.73. The number of amides is 1. The number of carbonyl (C=O) groups is 1. The fraction of sp³-hybridized carbons (Fsp3) is 0.522. The maximum absolute atomic E-state index is 12.9. The van der Waals surface area contributed by atoms with Crippen molar-refractivity contribution in [3.63, 3.8) is 0 Å². The van der Waals surface area contributed by atoms with Crippen LogP contribution in [0.5, 0.6) is 0 Å². The summed E-state index contributed by atoms with van der Waals surface area (Å²) < 4.78 is 0. The Hall–Kier alpha value is -1.83. The Kier molecular flexibility index (Phi) is 5.78. The predicted octanol–water partition coefficient (Wildman–Crippen LogP) is 5.88. The molecular formula is C23H31NO. The van der Waals surface area contributed by atoms with Gasteiger partial charge in [-0.25, -0.2) is 0 Å². The summed E-state index contributed by atoms with van der Waals surface area (Å²) in [5.41, 5.74) is 4.59. The van der Waals surface area contributed by atoms with Crippen molar-refractivity contribution in [2.24, 2.45) is 17.8 Å². The quantitative estimate of drug-likeness (QED) is 0.671. The van der Waals surface area contributed by atoms with E-state index in [1.54, 1.807) is 0 Å². The molecule has 3 rings (SSSR count). The van der Waals surface area contributed by atoms with Gasteiger partial charge in [0.15, 0.2) is 0 Å². The Balaban J connectivity index is 1.68. The average molecular weight is 338 g/mol. The van der Waals surface area contributed by atoms with Crippen LogP contribution >= 0.6 is 0 Å². The van der Waals surface area contributed by atoms with Crippen LogP contribution in [0, 0.1) is 38.5 Å². The molecular weight excluding hydrogens is 306 g/mol. The molecule has 1 fully saturated rings. The summed E-state index contributed by atoms with van der Waals surface area (Å²) >= 11 is 0. The van der Waals surface area contributed by atoms with Gasteiger partial charge in [0.2, 0.25) is 5.91 Å². The fourth-order valence-corrected chi connectivity index (χ4v) is 4.45. The van der Waals surface area contributed by atoms with Crippen molar-refractivity contribution in [2.75, 3.05) is 5.32 Å². The van der Waals surface area contributed by atoms with Gasteiger partial charge in [-0.05, 0) is 82.3 Å². The van der Waals surface area contributed by atoms with Gasteiger partial charge >= 0.3 is 0 Å². The van der Waals surface area contributed by atoms with E-state index in [0.29, 0.717) is 11.8 Å². The molecule has 2 nitrogen and oxygen atoms in total. The van der Waals surface area contributed by atoms with Crippen molar-refractivity contribution >= 4 is 11.6 Å². The molecule has 0 radical (unpaired) electrons. The molecule has 0 unspecified atom stereocenters. The fourth-order valence-electron chi connectivity index (χ4n) is 4.45. The first kappa shape index (κ1) is 18.0. The average Bonchev–Trinajstić information content (AvgIpc) is 3.23. The zero-order chi connectivity index (χ0) is 17.8. The van der Waals surface area contributed by atoms with E-state index in [2.05, 4.69) is 62.5 Å². The van der Waals surface area contributed by atoms with E-state index >= 15 is 0 Å².